The third kappa shape index (κ3) is 5.34. The summed E-state index contributed by atoms with van der Waals surface area (Å²) in [6.45, 7) is 6.75. The van der Waals surface area contributed by atoms with Crippen LogP contribution in [-0.4, -0.2) is 50.3 Å². The van der Waals surface area contributed by atoms with E-state index in [9.17, 15) is 0 Å². The maximum absolute atomic E-state index is 5.30. The highest BCUT2D eigenvalue weighted by molar-refractivity contribution is 4.89. The highest BCUT2D eigenvalue weighted by atomic mass is 16.5. The van der Waals surface area contributed by atoms with Crippen molar-refractivity contribution in [3.63, 3.8) is 0 Å². The average molecular weight is 282 g/mol. The monoisotopic (exact) mass is 282 g/mol. The van der Waals surface area contributed by atoms with E-state index in [0.29, 0.717) is 0 Å². The molecule has 2 saturated carbocycles. The first-order valence-corrected chi connectivity index (χ1v) is 8.81. The van der Waals surface area contributed by atoms with Gasteiger partial charge in [0.1, 0.15) is 0 Å². The molecular formula is C17H34N2O. The summed E-state index contributed by atoms with van der Waals surface area (Å²) in [7, 11) is 1.82. The van der Waals surface area contributed by atoms with Crippen molar-refractivity contribution in [3.05, 3.63) is 0 Å². The molecule has 0 aromatic carbocycles. The summed E-state index contributed by atoms with van der Waals surface area (Å²) in [6.07, 6.45) is 11.1. The van der Waals surface area contributed by atoms with E-state index in [1.807, 2.05) is 7.11 Å². The zero-order chi connectivity index (χ0) is 14.2. The van der Waals surface area contributed by atoms with E-state index in [4.69, 9.17) is 4.74 Å². The van der Waals surface area contributed by atoms with E-state index in [1.165, 1.54) is 64.5 Å². The zero-order valence-electron chi connectivity index (χ0n) is 13.6. The molecule has 2 aliphatic rings. The smallest absolute Gasteiger partial charge is 0.0589 e. The lowest BCUT2D eigenvalue weighted by Crippen LogP contribution is -2.43. The normalized spacial score (nSPS) is 27.8. The minimum atomic E-state index is 0.751. The fourth-order valence-corrected chi connectivity index (χ4v) is 3.57. The van der Waals surface area contributed by atoms with Crippen molar-refractivity contribution in [1.82, 2.24) is 10.2 Å². The third-order valence-electron chi connectivity index (χ3n) is 4.93. The number of nitrogens with one attached hydrogen (secondary N) is 1. The Balaban J connectivity index is 1.86. The summed E-state index contributed by atoms with van der Waals surface area (Å²) in [5.41, 5.74) is 0. The van der Waals surface area contributed by atoms with Crippen LogP contribution in [0.15, 0.2) is 0 Å². The van der Waals surface area contributed by atoms with E-state index in [-0.39, 0.29) is 0 Å². The second-order valence-electron chi connectivity index (χ2n) is 6.68. The molecule has 2 fully saturated rings. The molecule has 0 aromatic rings. The Morgan fingerprint density at radius 1 is 1.10 bits per heavy atom. The number of ether oxygens (including phenoxy) is 1. The number of nitrogens with zero attached hydrogens (tertiary/aromatic N) is 1. The number of methoxy groups -OCH3 is 1. The molecule has 1 N–H and O–H groups in total. The van der Waals surface area contributed by atoms with Crippen LogP contribution in [0.3, 0.4) is 0 Å². The maximum atomic E-state index is 5.30. The molecule has 0 spiro atoms. The predicted molar refractivity (Wildman–Crippen MR) is 85.1 cm³/mol. The lowest BCUT2D eigenvalue weighted by Gasteiger charge is -2.32. The van der Waals surface area contributed by atoms with E-state index < -0.39 is 0 Å². The highest BCUT2D eigenvalue weighted by Gasteiger charge is 2.32. The highest BCUT2D eigenvalue weighted by Crippen LogP contribution is 2.31. The molecule has 0 heterocycles. The van der Waals surface area contributed by atoms with Crippen molar-refractivity contribution in [3.8, 4) is 0 Å². The van der Waals surface area contributed by atoms with Crippen LogP contribution in [0.2, 0.25) is 0 Å². The maximum Gasteiger partial charge on any atom is 0.0589 e. The number of hydrogen-bond acceptors (Lipinski definition) is 3. The molecule has 0 radical (unpaired) electrons. The second kappa shape index (κ2) is 9.01. The first-order chi connectivity index (χ1) is 9.85. The summed E-state index contributed by atoms with van der Waals surface area (Å²) in [4.78, 5) is 2.71. The third-order valence-corrected chi connectivity index (χ3v) is 4.93. The van der Waals surface area contributed by atoms with Crippen molar-refractivity contribution in [2.24, 2.45) is 5.92 Å². The molecule has 0 saturated heterocycles. The number of rotatable bonds is 9. The van der Waals surface area contributed by atoms with Gasteiger partial charge in [0.2, 0.25) is 0 Å². The van der Waals surface area contributed by atoms with Crippen molar-refractivity contribution >= 4 is 0 Å². The molecule has 0 aliphatic heterocycles. The van der Waals surface area contributed by atoms with E-state index in [0.717, 1.165) is 31.2 Å². The Hall–Kier alpha value is -0.120. The minimum absolute atomic E-state index is 0.751. The number of hydrogen-bond donors (Lipinski definition) is 1. The van der Waals surface area contributed by atoms with Crippen LogP contribution < -0.4 is 5.32 Å². The van der Waals surface area contributed by atoms with Gasteiger partial charge in [-0.25, -0.2) is 0 Å². The fraction of sp³-hybridized carbons (Fsp3) is 1.00. The van der Waals surface area contributed by atoms with Gasteiger partial charge in [0, 0.05) is 32.3 Å². The minimum Gasteiger partial charge on any atom is -0.383 e. The molecule has 2 atom stereocenters. The SMILES string of the molecule is CCCNC1CCCCCC1CN(CCOC)C1CC1. The summed E-state index contributed by atoms with van der Waals surface area (Å²) in [5, 5.41) is 3.82. The van der Waals surface area contributed by atoms with Crippen LogP contribution in [0.1, 0.15) is 58.3 Å². The molecule has 3 heteroatoms. The second-order valence-corrected chi connectivity index (χ2v) is 6.68. The molecule has 118 valence electrons. The van der Waals surface area contributed by atoms with Crippen molar-refractivity contribution < 1.29 is 4.74 Å². The first kappa shape index (κ1) is 16.3. The van der Waals surface area contributed by atoms with Crippen LogP contribution in [-0.2, 0) is 4.74 Å². The van der Waals surface area contributed by atoms with Gasteiger partial charge < -0.3 is 10.1 Å². The van der Waals surface area contributed by atoms with Gasteiger partial charge in [-0.2, -0.15) is 0 Å². The zero-order valence-corrected chi connectivity index (χ0v) is 13.6. The lowest BCUT2D eigenvalue weighted by molar-refractivity contribution is 0.122. The topological polar surface area (TPSA) is 24.5 Å². The van der Waals surface area contributed by atoms with Crippen LogP contribution in [0.4, 0.5) is 0 Å². The summed E-state index contributed by atoms with van der Waals surface area (Å²) < 4.78 is 5.30. The predicted octanol–water partition coefficient (Wildman–Crippen LogP) is 3.05. The molecule has 20 heavy (non-hydrogen) atoms. The Morgan fingerprint density at radius 2 is 1.90 bits per heavy atom. The Bertz CT molecular complexity index is 255. The van der Waals surface area contributed by atoms with Gasteiger partial charge in [0.25, 0.3) is 0 Å². The van der Waals surface area contributed by atoms with Crippen molar-refractivity contribution in [2.45, 2.75) is 70.4 Å². The van der Waals surface area contributed by atoms with Gasteiger partial charge in [-0.05, 0) is 44.6 Å². The molecule has 3 nitrogen and oxygen atoms in total. The van der Waals surface area contributed by atoms with E-state index in [2.05, 4.69) is 17.1 Å². The molecule has 2 unspecified atom stereocenters. The molecule has 2 aliphatic carbocycles. The standard InChI is InChI=1S/C17H34N2O/c1-3-11-18-17-8-6-4-5-7-15(17)14-19(12-13-20-2)16-9-10-16/h15-18H,3-14H2,1-2H3. The first-order valence-electron chi connectivity index (χ1n) is 8.81. The molecular weight excluding hydrogens is 248 g/mol. The lowest BCUT2D eigenvalue weighted by atomic mass is 9.93. The largest absolute Gasteiger partial charge is 0.383 e. The Morgan fingerprint density at radius 3 is 2.60 bits per heavy atom. The van der Waals surface area contributed by atoms with Crippen molar-refractivity contribution in [1.29, 1.82) is 0 Å². The van der Waals surface area contributed by atoms with Crippen LogP contribution >= 0.6 is 0 Å². The molecule has 0 aromatic heterocycles. The summed E-state index contributed by atoms with van der Waals surface area (Å²) >= 11 is 0. The van der Waals surface area contributed by atoms with E-state index >= 15 is 0 Å². The fourth-order valence-electron chi connectivity index (χ4n) is 3.57. The van der Waals surface area contributed by atoms with Gasteiger partial charge in [-0.15, -0.1) is 0 Å². The van der Waals surface area contributed by atoms with Crippen LogP contribution in [0, 0.1) is 5.92 Å². The summed E-state index contributed by atoms with van der Waals surface area (Å²) in [5.74, 6) is 0.849. The molecule has 0 bridgehead atoms. The van der Waals surface area contributed by atoms with Gasteiger partial charge >= 0.3 is 0 Å². The molecule has 2 rings (SSSR count). The Labute approximate surface area is 125 Å². The Kier molecular flexibility index (Phi) is 7.32. The van der Waals surface area contributed by atoms with Gasteiger partial charge in [0.05, 0.1) is 6.61 Å². The van der Waals surface area contributed by atoms with Gasteiger partial charge in [-0.3, -0.25) is 4.90 Å². The summed E-state index contributed by atoms with van der Waals surface area (Å²) in [6, 6.07) is 1.61. The van der Waals surface area contributed by atoms with Gasteiger partial charge in [0.15, 0.2) is 0 Å². The van der Waals surface area contributed by atoms with Crippen LogP contribution in [0.5, 0.6) is 0 Å². The van der Waals surface area contributed by atoms with Gasteiger partial charge in [-0.1, -0.05) is 26.2 Å². The average Bonchev–Trinajstić information content (AvgIpc) is 3.29. The van der Waals surface area contributed by atoms with Crippen LogP contribution in [0.25, 0.3) is 0 Å². The van der Waals surface area contributed by atoms with Crippen molar-refractivity contribution in [2.75, 3.05) is 33.4 Å². The van der Waals surface area contributed by atoms with E-state index in [1.54, 1.807) is 0 Å². The quantitative estimate of drug-likeness (QED) is 0.658. The molecule has 0 amide bonds.